The minimum atomic E-state index is -0.977. The topological polar surface area (TPSA) is 80.0 Å². The molecule has 0 radical (unpaired) electrons. The summed E-state index contributed by atoms with van der Waals surface area (Å²) in [6.07, 6.45) is 0. The van der Waals surface area contributed by atoms with Crippen molar-refractivity contribution in [1.82, 2.24) is 0 Å². The zero-order chi connectivity index (χ0) is 24.8. The second-order valence-corrected chi connectivity index (χ2v) is 9.70. The van der Waals surface area contributed by atoms with Gasteiger partial charge in [-0.15, -0.1) is 0 Å². The summed E-state index contributed by atoms with van der Waals surface area (Å²) in [5.41, 5.74) is 1.38. The Hall–Kier alpha value is -3.51. The van der Waals surface area contributed by atoms with Gasteiger partial charge in [-0.25, -0.2) is 0 Å². The third kappa shape index (κ3) is 4.10. The molecule has 34 heavy (non-hydrogen) atoms. The molecule has 1 aliphatic heterocycles. The first-order valence-corrected chi connectivity index (χ1v) is 11.2. The summed E-state index contributed by atoms with van der Waals surface area (Å²) in [6, 6.07) is 14.5. The summed E-state index contributed by atoms with van der Waals surface area (Å²) < 4.78 is 11.3. The molecule has 0 spiro atoms. The van der Waals surface area contributed by atoms with Gasteiger partial charge in [0.15, 0.2) is 0 Å². The zero-order valence-corrected chi connectivity index (χ0v) is 20.4. The Labute approximate surface area is 203 Å². The molecule has 2 heterocycles. The lowest BCUT2D eigenvalue weighted by atomic mass is 9.85. The van der Waals surface area contributed by atoms with E-state index in [0.29, 0.717) is 33.5 Å². The first-order valence-electron chi connectivity index (χ1n) is 10.8. The number of Topliss-reactive ketones (excluding diaryl/α,β-unsaturated/α-hetero) is 1. The van der Waals surface area contributed by atoms with Crippen molar-refractivity contribution in [1.29, 1.82) is 0 Å². The summed E-state index contributed by atoms with van der Waals surface area (Å²) in [7, 11) is 1.49. The van der Waals surface area contributed by atoms with Crippen LogP contribution >= 0.6 is 11.6 Å². The predicted molar refractivity (Wildman–Crippen MR) is 131 cm³/mol. The molecular weight excluding hydrogens is 454 g/mol. The molecule has 2 aromatic carbocycles. The molecule has 4 rings (SSSR count). The van der Waals surface area contributed by atoms with Crippen LogP contribution in [0.15, 0.2) is 64.6 Å². The highest BCUT2D eigenvalue weighted by Gasteiger charge is 2.48. The fraction of sp³-hybridized carbons (Fsp3) is 0.259. The van der Waals surface area contributed by atoms with E-state index in [1.54, 1.807) is 55.5 Å². The molecule has 1 amide bonds. The molecule has 176 valence electrons. The number of benzene rings is 2. The number of rotatable bonds is 4. The van der Waals surface area contributed by atoms with Gasteiger partial charge in [0, 0.05) is 10.7 Å². The second kappa shape index (κ2) is 8.69. The third-order valence-corrected chi connectivity index (χ3v) is 6.12. The number of halogens is 1. The van der Waals surface area contributed by atoms with Crippen molar-refractivity contribution in [2.75, 3.05) is 12.0 Å². The van der Waals surface area contributed by atoms with Crippen molar-refractivity contribution < 1.29 is 23.8 Å². The van der Waals surface area contributed by atoms with Gasteiger partial charge in [0.2, 0.25) is 0 Å². The summed E-state index contributed by atoms with van der Waals surface area (Å²) >= 11 is 6.18. The third-order valence-electron chi connectivity index (χ3n) is 5.88. The van der Waals surface area contributed by atoms with Crippen molar-refractivity contribution in [3.8, 4) is 5.75 Å². The van der Waals surface area contributed by atoms with Crippen LogP contribution in [0.25, 0.3) is 5.76 Å². The van der Waals surface area contributed by atoms with E-state index in [1.165, 1.54) is 12.0 Å². The Morgan fingerprint density at radius 3 is 2.41 bits per heavy atom. The number of nitrogens with zero attached hydrogens (tertiary/aromatic N) is 1. The Kier molecular flexibility index (Phi) is 6.04. The highest BCUT2D eigenvalue weighted by atomic mass is 35.5. The molecule has 1 aliphatic rings. The van der Waals surface area contributed by atoms with Crippen molar-refractivity contribution in [2.24, 2.45) is 0 Å². The van der Waals surface area contributed by atoms with Gasteiger partial charge >= 0.3 is 0 Å². The number of anilines is 1. The van der Waals surface area contributed by atoms with Crippen molar-refractivity contribution in [2.45, 2.75) is 39.2 Å². The first-order chi connectivity index (χ1) is 16.0. The zero-order valence-electron chi connectivity index (χ0n) is 19.7. The highest BCUT2D eigenvalue weighted by Crippen LogP contribution is 2.44. The maximum Gasteiger partial charge on any atom is 0.300 e. The number of hydrogen-bond acceptors (Lipinski definition) is 5. The number of amides is 1. The van der Waals surface area contributed by atoms with Crippen molar-refractivity contribution >= 4 is 34.7 Å². The van der Waals surface area contributed by atoms with Crippen LogP contribution in [-0.2, 0) is 15.0 Å². The molecule has 1 N–H and O–H groups in total. The molecule has 6 nitrogen and oxygen atoms in total. The summed E-state index contributed by atoms with van der Waals surface area (Å²) in [4.78, 5) is 27.9. The van der Waals surface area contributed by atoms with E-state index in [-0.39, 0.29) is 16.7 Å². The average Bonchev–Trinajstić information content (AvgIpc) is 3.33. The van der Waals surface area contributed by atoms with Crippen LogP contribution in [0.2, 0.25) is 5.02 Å². The van der Waals surface area contributed by atoms with Gasteiger partial charge in [0.25, 0.3) is 11.7 Å². The number of furan rings is 1. The van der Waals surface area contributed by atoms with E-state index in [2.05, 4.69) is 0 Å². The van der Waals surface area contributed by atoms with Gasteiger partial charge in [0.05, 0.1) is 18.2 Å². The minimum Gasteiger partial charge on any atom is -0.507 e. The van der Waals surface area contributed by atoms with E-state index in [1.807, 2.05) is 26.8 Å². The number of ether oxygens (including phenoxy) is 1. The van der Waals surface area contributed by atoms with Crippen LogP contribution in [0.1, 0.15) is 49.5 Å². The van der Waals surface area contributed by atoms with Crippen LogP contribution in [0.5, 0.6) is 5.75 Å². The molecule has 1 fully saturated rings. The minimum absolute atomic E-state index is 0.0799. The smallest absolute Gasteiger partial charge is 0.300 e. The molecule has 1 saturated heterocycles. The monoisotopic (exact) mass is 479 g/mol. The lowest BCUT2D eigenvalue weighted by Crippen LogP contribution is -2.29. The van der Waals surface area contributed by atoms with Crippen LogP contribution in [0, 0.1) is 6.92 Å². The summed E-state index contributed by atoms with van der Waals surface area (Å²) in [6.45, 7) is 7.90. The number of carbonyl (C=O) groups excluding carboxylic acids is 2. The number of ketones is 1. The molecule has 1 atom stereocenters. The summed E-state index contributed by atoms with van der Waals surface area (Å²) in [5, 5.41) is 11.9. The molecule has 0 aliphatic carbocycles. The number of carbonyl (C=O) groups is 2. The van der Waals surface area contributed by atoms with Crippen LogP contribution in [0.4, 0.5) is 5.69 Å². The Morgan fingerprint density at radius 2 is 1.82 bits per heavy atom. The van der Waals surface area contributed by atoms with E-state index < -0.39 is 17.7 Å². The van der Waals surface area contributed by atoms with E-state index in [4.69, 9.17) is 20.8 Å². The normalized spacial score (nSPS) is 17.9. The maximum absolute atomic E-state index is 13.3. The van der Waals surface area contributed by atoms with E-state index in [0.717, 1.165) is 5.56 Å². The van der Waals surface area contributed by atoms with Gasteiger partial charge < -0.3 is 14.3 Å². The van der Waals surface area contributed by atoms with Crippen LogP contribution < -0.4 is 9.64 Å². The second-order valence-electron chi connectivity index (χ2n) is 9.26. The molecule has 3 aromatic rings. The van der Waals surface area contributed by atoms with Crippen molar-refractivity contribution in [3.05, 3.63) is 87.8 Å². The van der Waals surface area contributed by atoms with Crippen LogP contribution in [-0.4, -0.2) is 23.9 Å². The SMILES string of the molecule is COc1ccc(C(C)(C)C)cc1/C(O)=C1\C(=O)C(=O)N(c2cccc(Cl)c2)C1c1ccc(C)o1. The predicted octanol–water partition coefficient (Wildman–Crippen LogP) is 6.17. The Morgan fingerprint density at radius 1 is 1.09 bits per heavy atom. The standard InChI is InChI=1S/C27H26ClNO5/c1-15-9-11-21(34-15)23-22(25(31)26(32)29(23)18-8-6-7-17(28)14-18)24(30)19-13-16(27(2,3)4)10-12-20(19)33-5/h6-14,23,30H,1-5H3/b24-22+. The number of aliphatic hydroxyl groups is 1. The quantitative estimate of drug-likeness (QED) is 0.275. The fourth-order valence-corrected chi connectivity index (χ4v) is 4.28. The molecule has 1 unspecified atom stereocenters. The molecular formula is C27H26ClNO5. The maximum atomic E-state index is 13.3. The number of aliphatic hydroxyl groups excluding tert-OH is 1. The van der Waals surface area contributed by atoms with Gasteiger partial charge in [-0.1, -0.05) is 44.5 Å². The van der Waals surface area contributed by atoms with Crippen LogP contribution in [0.3, 0.4) is 0 Å². The lowest BCUT2D eigenvalue weighted by Gasteiger charge is -2.24. The van der Waals surface area contributed by atoms with Gasteiger partial charge in [0.1, 0.15) is 29.1 Å². The largest absolute Gasteiger partial charge is 0.507 e. The van der Waals surface area contributed by atoms with E-state index >= 15 is 0 Å². The molecule has 0 bridgehead atoms. The van der Waals surface area contributed by atoms with Gasteiger partial charge in [-0.2, -0.15) is 0 Å². The average molecular weight is 480 g/mol. The fourth-order valence-electron chi connectivity index (χ4n) is 4.10. The lowest BCUT2D eigenvalue weighted by molar-refractivity contribution is -0.132. The number of hydrogen-bond donors (Lipinski definition) is 1. The van der Waals surface area contributed by atoms with Gasteiger partial charge in [-0.05, 0) is 60.4 Å². The van der Waals surface area contributed by atoms with Gasteiger partial charge in [-0.3, -0.25) is 14.5 Å². The molecule has 1 aromatic heterocycles. The Bertz CT molecular complexity index is 1310. The molecule has 0 saturated carbocycles. The number of methoxy groups -OCH3 is 1. The molecule has 7 heteroatoms. The number of aryl methyl sites for hydroxylation is 1. The Balaban J connectivity index is 1.99. The highest BCUT2D eigenvalue weighted by molar-refractivity contribution is 6.51. The first kappa shape index (κ1) is 23.6. The summed E-state index contributed by atoms with van der Waals surface area (Å²) in [5.74, 6) is -0.588. The van der Waals surface area contributed by atoms with Crippen molar-refractivity contribution in [3.63, 3.8) is 0 Å². The van der Waals surface area contributed by atoms with E-state index in [9.17, 15) is 14.7 Å².